The molecule has 7 heteroatoms. The Bertz CT molecular complexity index is 904. The lowest BCUT2D eigenvalue weighted by molar-refractivity contribution is -0.137. The van der Waals surface area contributed by atoms with Crippen LogP contribution in [0.25, 0.3) is 10.9 Å². The van der Waals surface area contributed by atoms with Crippen LogP contribution in [0.2, 0.25) is 0 Å². The van der Waals surface area contributed by atoms with Gasteiger partial charge in [-0.3, -0.25) is 9.78 Å². The van der Waals surface area contributed by atoms with Crippen molar-refractivity contribution in [3.63, 3.8) is 0 Å². The van der Waals surface area contributed by atoms with Crippen LogP contribution in [0.1, 0.15) is 5.56 Å². The Morgan fingerprint density at radius 1 is 0.960 bits per heavy atom. The normalized spacial score (nSPS) is 11.3. The number of anilines is 2. The van der Waals surface area contributed by atoms with E-state index >= 15 is 0 Å². The Hall–Kier alpha value is -3.09. The van der Waals surface area contributed by atoms with Gasteiger partial charge in [0, 0.05) is 11.6 Å². The number of nitrogens with zero attached hydrogens (tertiary/aromatic N) is 1. The van der Waals surface area contributed by atoms with Crippen molar-refractivity contribution in [1.29, 1.82) is 0 Å². The van der Waals surface area contributed by atoms with E-state index in [1.807, 2.05) is 18.2 Å². The zero-order chi connectivity index (χ0) is 17.9. The molecule has 0 aliphatic rings. The van der Waals surface area contributed by atoms with Gasteiger partial charge >= 0.3 is 6.18 Å². The van der Waals surface area contributed by atoms with Crippen molar-refractivity contribution in [3.8, 4) is 0 Å². The van der Waals surface area contributed by atoms with E-state index in [4.69, 9.17) is 0 Å². The third-order valence-electron chi connectivity index (χ3n) is 3.58. The van der Waals surface area contributed by atoms with Gasteiger partial charge in [0.25, 0.3) is 0 Å². The van der Waals surface area contributed by atoms with Gasteiger partial charge in [-0.05, 0) is 24.3 Å². The van der Waals surface area contributed by atoms with Crippen LogP contribution in [0.15, 0.2) is 60.8 Å². The summed E-state index contributed by atoms with van der Waals surface area (Å²) in [5.41, 5.74) is 0.180. The fourth-order valence-electron chi connectivity index (χ4n) is 2.46. The molecule has 0 radical (unpaired) electrons. The summed E-state index contributed by atoms with van der Waals surface area (Å²) < 4.78 is 38.8. The lowest BCUT2D eigenvalue weighted by Gasteiger charge is -2.14. The second-order valence-corrected chi connectivity index (χ2v) is 5.33. The molecular formula is C18H14F3N3O. The number of hydrogen-bond acceptors (Lipinski definition) is 3. The van der Waals surface area contributed by atoms with E-state index in [-0.39, 0.29) is 12.2 Å². The maximum atomic E-state index is 12.9. The second kappa shape index (κ2) is 6.80. The Labute approximate surface area is 141 Å². The molecule has 0 atom stereocenters. The van der Waals surface area contributed by atoms with Gasteiger partial charge in [0.1, 0.15) is 0 Å². The summed E-state index contributed by atoms with van der Waals surface area (Å²) in [5.74, 6) is -0.579. The molecule has 2 N–H and O–H groups in total. The number of nitrogens with one attached hydrogen (secondary N) is 2. The number of pyridine rings is 1. The van der Waals surface area contributed by atoms with E-state index in [1.54, 1.807) is 18.3 Å². The zero-order valence-electron chi connectivity index (χ0n) is 13.0. The van der Waals surface area contributed by atoms with E-state index < -0.39 is 17.6 Å². The molecule has 0 bridgehead atoms. The number of amides is 1. The zero-order valence-corrected chi connectivity index (χ0v) is 13.0. The van der Waals surface area contributed by atoms with Crippen LogP contribution in [-0.4, -0.2) is 17.4 Å². The molecule has 1 heterocycles. The molecule has 3 aromatic rings. The Kier molecular flexibility index (Phi) is 4.56. The largest absolute Gasteiger partial charge is 0.418 e. The standard InChI is InChI=1S/C18H14F3N3O/c19-18(20,21)13-7-1-2-8-14(13)24-16(25)11-23-15-9-3-5-12-6-4-10-22-17(12)15/h1-10,23H,11H2,(H,24,25). The summed E-state index contributed by atoms with van der Waals surface area (Å²) in [6, 6.07) is 14.0. The van der Waals surface area contributed by atoms with Gasteiger partial charge < -0.3 is 10.6 Å². The highest BCUT2D eigenvalue weighted by atomic mass is 19.4. The summed E-state index contributed by atoms with van der Waals surface area (Å²) >= 11 is 0. The minimum absolute atomic E-state index is 0.179. The number of fused-ring (bicyclic) bond motifs is 1. The molecule has 4 nitrogen and oxygen atoms in total. The first-order valence-electron chi connectivity index (χ1n) is 7.49. The van der Waals surface area contributed by atoms with Crippen molar-refractivity contribution in [1.82, 2.24) is 4.98 Å². The molecule has 3 rings (SSSR count). The average molecular weight is 345 g/mol. The first-order valence-corrected chi connectivity index (χ1v) is 7.49. The first kappa shape index (κ1) is 16.8. The molecule has 0 saturated carbocycles. The third-order valence-corrected chi connectivity index (χ3v) is 3.58. The average Bonchev–Trinajstić information content (AvgIpc) is 2.59. The number of alkyl halides is 3. The van der Waals surface area contributed by atoms with Crippen LogP contribution in [0.4, 0.5) is 24.5 Å². The summed E-state index contributed by atoms with van der Waals surface area (Å²) in [7, 11) is 0. The molecule has 0 unspecified atom stereocenters. The predicted octanol–water partition coefficient (Wildman–Crippen LogP) is 4.30. The number of halogens is 3. The molecule has 0 spiro atoms. The van der Waals surface area contributed by atoms with Gasteiger partial charge in [0.05, 0.1) is 29.0 Å². The predicted molar refractivity (Wildman–Crippen MR) is 90.3 cm³/mol. The summed E-state index contributed by atoms with van der Waals surface area (Å²) in [4.78, 5) is 16.3. The van der Waals surface area contributed by atoms with Crippen molar-refractivity contribution >= 4 is 28.2 Å². The maximum Gasteiger partial charge on any atom is 0.418 e. The highest BCUT2D eigenvalue weighted by molar-refractivity contribution is 5.96. The van der Waals surface area contributed by atoms with E-state index in [0.29, 0.717) is 11.2 Å². The van der Waals surface area contributed by atoms with Gasteiger partial charge in [-0.25, -0.2) is 0 Å². The van der Waals surface area contributed by atoms with Gasteiger partial charge in [-0.1, -0.05) is 30.3 Å². The molecule has 128 valence electrons. The number of hydrogen-bond donors (Lipinski definition) is 2. The van der Waals surface area contributed by atoms with Crippen molar-refractivity contribution in [2.24, 2.45) is 0 Å². The SMILES string of the molecule is O=C(CNc1cccc2cccnc12)Nc1ccccc1C(F)(F)F. The van der Waals surface area contributed by atoms with Gasteiger partial charge in [0.2, 0.25) is 5.91 Å². The fraction of sp³-hybridized carbons (Fsp3) is 0.111. The molecule has 25 heavy (non-hydrogen) atoms. The lowest BCUT2D eigenvalue weighted by Crippen LogP contribution is -2.23. The van der Waals surface area contributed by atoms with Crippen LogP contribution in [0, 0.1) is 0 Å². The molecule has 2 aromatic carbocycles. The molecule has 0 fully saturated rings. The molecule has 0 aliphatic heterocycles. The Balaban J connectivity index is 1.72. The minimum Gasteiger partial charge on any atom is -0.374 e. The van der Waals surface area contributed by atoms with Gasteiger partial charge in [-0.2, -0.15) is 13.2 Å². The summed E-state index contributed by atoms with van der Waals surface area (Å²) in [6.07, 6.45) is -2.90. The fourth-order valence-corrected chi connectivity index (χ4v) is 2.46. The molecular weight excluding hydrogens is 331 g/mol. The van der Waals surface area contributed by atoms with E-state index in [2.05, 4.69) is 15.6 Å². The number of rotatable bonds is 4. The molecule has 1 amide bonds. The van der Waals surface area contributed by atoms with E-state index in [0.717, 1.165) is 11.5 Å². The van der Waals surface area contributed by atoms with Crippen molar-refractivity contribution in [3.05, 3.63) is 66.4 Å². The van der Waals surface area contributed by atoms with Gasteiger partial charge in [-0.15, -0.1) is 0 Å². The van der Waals surface area contributed by atoms with Crippen molar-refractivity contribution in [2.75, 3.05) is 17.2 Å². The van der Waals surface area contributed by atoms with Crippen LogP contribution >= 0.6 is 0 Å². The highest BCUT2D eigenvalue weighted by Crippen LogP contribution is 2.34. The molecule has 0 aliphatic carbocycles. The molecule has 1 aromatic heterocycles. The lowest BCUT2D eigenvalue weighted by atomic mass is 10.1. The maximum absolute atomic E-state index is 12.9. The quantitative estimate of drug-likeness (QED) is 0.741. The van der Waals surface area contributed by atoms with Crippen molar-refractivity contribution < 1.29 is 18.0 Å². The summed E-state index contributed by atoms with van der Waals surface area (Å²) in [6.45, 7) is -0.179. The number of carbonyl (C=O) groups is 1. The Morgan fingerprint density at radius 2 is 1.68 bits per heavy atom. The van der Waals surface area contributed by atoms with Crippen LogP contribution in [-0.2, 0) is 11.0 Å². The van der Waals surface area contributed by atoms with E-state index in [9.17, 15) is 18.0 Å². The minimum atomic E-state index is -4.53. The Morgan fingerprint density at radius 3 is 2.48 bits per heavy atom. The third kappa shape index (κ3) is 3.88. The smallest absolute Gasteiger partial charge is 0.374 e. The first-order chi connectivity index (χ1) is 11.9. The summed E-state index contributed by atoms with van der Waals surface area (Å²) in [5, 5.41) is 6.10. The van der Waals surface area contributed by atoms with Crippen molar-refractivity contribution in [2.45, 2.75) is 6.18 Å². The van der Waals surface area contributed by atoms with E-state index in [1.165, 1.54) is 18.2 Å². The number of aromatic nitrogens is 1. The van der Waals surface area contributed by atoms with Crippen LogP contribution in [0.5, 0.6) is 0 Å². The van der Waals surface area contributed by atoms with Crippen LogP contribution in [0.3, 0.4) is 0 Å². The highest BCUT2D eigenvalue weighted by Gasteiger charge is 2.33. The number of para-hydroxylation sites is 2. The van der Waals surface area contributed by atoms with Gasteiger partial charge in [0.15, 0.2) is 0 Å². The number of carbonyl (C=O) groups excluding carboxylic acids is 1. The topological polar surface area (TPSA) is 54.0 Å². The number of benzene rings is 2. The molecule has 0 saturated heterocycles. The second-order valence-electron chi connectivity index (χ2n) is 5.33. The van der Waals surface area contributed by atoms with Crippen LogP contribution < -0.4 is 10.6 Å². The monoisotopic (exact) mass is 345 g/mol.